The van der Waals surface area contributed by atoms with Crippen LogP contribution in [0.1, 0.15) is 29.6 Å². The summed E-state index contributed by atoms with van der Waals surface area (Å²) in [4.78, 5) is 16.9. The molecule has 1 aromatic heterocycles. The summed E-state index contributed by atoms with van der Waals surface area (Å²) in [6.45, 7) is 5.09. The molecule has 0 unspecified atom stereocenters. The minimum atomic E-state index is -0.121. The van der Waals surface area contributed by atoms with Crippen LogP contribution in [0.2, 0.25) is 0 Å². The number of amides is 1. The molecule has 0 saturated heterocycles. The third kappa shape index (κ3) is 5.82. The van der Waals surface area contributed by atoms with Gasteiger partial charge in [0.05, 0.1) is 24.4 Å². The Bertz CT molecular complexity index is 906. The van der Waals surface area contributed by atoms with E-state index in [-0.39, 0.29) is 12.3 Å². The number of ether oxygens (including phenoxy) is 2. The predicted octanol–water partition coefficient (Wildman–Crippen LogP) is 5.00. The van der Waals surface area contributed by atoms with Crippen LogP contribution in [0, 0.1) is 6.92 Å². The van der Waals surface area contributed by atoms with Gasteiger partial charge in [0.25, 0.3) is 0 Å². The largest absolute Gasteiger partial charge is 0.491 e. The topological polar surface area (TPSA) is 60.5 Å². The molecule has 3 aromatic rings. The maximum Gasteiger partial charge on any atom is 0.230 e. The number of hydrogen-bond donors (Lipinski definition) is 1. The van der Waals surface area contributed by atoms with Gasteiger partial charge in [0.15, 0.2) is 0 Å². The van der Waals surface area contributed by atoms with Crippen LogP contribution in [-0.2, 0) is 17.8 Å². The molecular weight excluding hydrogens is 372 g/mol. The number of hydrogen-bond acceptors (Lipinski definition) is 5. The zero-order chi connectivity index (χ0) is 19.8. The number of nitrogens with one attached hydrogen (secondary N) is 1. The Kier molecular flexibility index (Phi) is 7.03. The second-order valence-corrected chi connectivity index (χ2v) is 7.35. The number of rotatable bonds is 9. The number of carbonyl (C=O) groups excluding carboxylic acids is 1. The molecule has 6 heteroatoms. The zero-order valence-electron chi connectivity index (χ0n) is 16.1. The second kappa shape index (κ2) is 9.90. The summed E-state index contributed by atoms with van der Waals surface area (Å²) >= 11 is 1.49. The van der Waals surface area contributed by atoms with Crippen molar-refractivity contribution in [2.45, 2.75) is 33.3 Å². The van der Waals surface area contributed by atoms with E-state index in [1.807, 2.05) is 67.8 Å². The van der Waals surface area contributed by atoms with Crippen molar-refractivity contribution in [1.29, 1.82) is 0 Å². The number of thiazole rings is 1. The molecule has 1 heterocycles. The van der Waals surface area contributed by atoms with Crippen molar-refractivity contribution < 1.29 is 14.3 Å². The lowest BCUT2D eigenvalue weighted by Crippen LogP contribution is -2.15. The van der Waals surface area contributed by atoms with E-state index in [2.05, 4.69) is 10.3 Å². The monoisotopic (exact) mass is 396 g/mol. The van der Waals surface area contributed by atoms with Gasteiger partial charge >= 0.3 is 0 Å². The molecule has 1 N–H and O–H groups in total. The average Bonchev–Trinajstić information content (AvgIpc) is 3.14. The van der Waals surface area contributed by atoms with E-state index >= 15 is 0 Å². The first-order chi connectivity index (χ1) is 13.6. The fourth-order valence-electron chi connectivity index (χ4n) is 2.54. The summed E-state index contributed by atoms with van der Waals surface area (Å²) < 4.78 is 11.4. The van der Waals surface area contributed by atoms with Crippen LogP contribution in [-0.4, -0.2) is 17.5 Å². The molecule has 3 rings (SSSR count). The summed E-state index contributed by atoms with van der Waals surface area (Å²) in [5.74, 6) is 1.37. The van der Waals surface area contributed by atoms with E-state index in [0.29, 0.717) is 24.7 Å². The molecule has 1 amide bonds. The standard InChI is InChI=1S/C22H24N2O3S/c1-3-12-26-20-7-5-4-6-19(20)24-21(25)13-17-15-28-22(23-17)14-27-18-10-8-16(2)9-11-18/h4-11,15H,3,12-14H2,1-2H3,(H,24,25). The highest BCUT2D eigenvalue weighted by molar-refractivity contribution is 7.09. The lowest BCUT2D eigenvalue weighted by atomic mass is 10.2. The number of nitrogens with zero attached hydrogens (tertiary/aromatic N) is 1. The van der Waals surface area contributed by atoms with Gasteiger partial charge in [-0.05, 0) is 37.6 Å². The minimum Gasteiger partial charge on any atom is -0.491 e. The molecule has 28 heavy (non-hydrogen) atoms. The number of aryl methyl sites for hydroxylation is 1. The van der Waals surface area contributed by atoms with E-state index in [1.165, 1.54) is 16.9 Å². The highest BCUT2D eigenvalue weighted by Gasteiger charge is 2.11. The molecule has 0 aliphatic carbocycles. The fourth-order valence-corrected chi connectivity index (χ4v) is 3.25. The van der Waals surface area contributed by atoms with Crippen LogP contribution in [0.15, 0.2) is 53.9 Å². The molecule has 5 nitrogen and oxygen atoms in total. The van der Waals surface area contributed by atoms with Crippen molar-refractivity contribution in [3.63, 3.8) is 0 Å². The van der Waals surface area contributed by atoms with E-state index in [0.717, 1.165) is 22.9 Å². The summed E-state index contributed by atoms with van der Waals surface area (Å²) in [6.07, 6.45) is 1.12. The number of anilines is 1. The quantitative estimate of drug-likeness (QED) is 0.553. The number of para-hydroxylation sites is 2. The first kappa shape index (κ1) is 19.9. The van der Waals surface area contributed by atoms with E-state index in [4.69, 9.17) is 9.47 Å². The minimum absolute atomic E-state index is 0.121. The van der Waals surface area contributed by atoms with Crippen LogP contribution in [0.4, 0.5) is 5.69 Å². The Balaban J connectivity index is 1.53. The molecule has 0 aliphatic rings. The van der Waals surface area contributed by atoms with Crippen LogP contribution >= 0.6 is 11.3 Å². The summed E-state index contributed by atoms with van der Waals surface area (Å²) in [6, 6.07) is 15.4. The Labute approximate surface area is 169 Å². The summed E-state index contributed by atoms with van der Waals surface area (Å²) in [7, 11) is 0. The molecule has 0 radical (unpaired) electrons. The molecule has 0 bridgehead atoms. The van der Waals surface area contributed by atoms with Gasteiger partial charge in [0.2, 0.25) is 5.91 Å². The fraction of sp³-hybridized carbons (Fsp3) is 0.273. The normalized spacial score (nSPS) is 10.5. The van der Waals surface area contributed by atoms with Gasteiger partial charge in [-0.25, -0.2) is 4.98 Å². The second-order valence-electron chi connectivity index (χ2n) is 6.40. The van der Waals surface area contributed by atoms with Gasteiger partial charge in [-0.1, -0.05) is 36.8 Å². The van der Waals surface area contributed by atoms with Gasteiger partial charge in [-0.15, -0.1) is 11.3 Å². The van der Waals surface area contributed by atoms with Gasteiger partial charge < -0.3 is 14.8 Å². The average molecular weight is 397 g/mol. The van der Waals surface area contributed by atoms with E-state index < -0.39 is 0 Å². The smallest absolute Gasteiger partial charge is 0.230 e. The van der Waals surface area contributed by atoms with Crippen molar-refractivity contribution in [2.24, 2.45) is 0 Å². The highest BCUT2D eigenvalue weighted by atomic mass is 32.1. The third-order valence-corrected chi connectivity index (χ3v) is 4.82. The number of aromatic nitrogens is 1. The van der Waals surface area contributed by atoms with Gasteiger partial charge in [0.1, 0.15) is 23.1 Å². The van der Waals surface area contributed by atoms with Gasteiger partial charge in [0, 0.05) is 5.38 Å². The predicted molar refractivity (Wildman–Crippen MR) is 112 cm³/mol. The van der Waals surface area contributed by atoms with Crippen molar-refractivity contribution in [1.82, 2.24) is 4.98 Å². The summed E-state index contributed by atoms with van der Waals surface area (Å²) in [5.41, 5.74) is 2.60. The molecule has 146 valence electrons. The Morgan fingerprint density at radius 3 is 2.68 bits per heavy atom. The maximum absolute atomic E-state index is 12.4. The molecule has 0 saturated carbocycles. The Morgan fingerprint density at radius 2 is 1.89 bits per heavy atom. The van der Waals surface area contributed by atoms with Crippen molar-refractivity contribution >= 4 is 22.9 Å². The first-order valence-electron chi connectivity index (χ1n) is 9.28. The van der Waals surface area contributed by atoms with Crippen LogP contribution < -0.4 is 14.8 Å². The first-order valence-corrected chi connectivity index (χ1v) is 10.2. The lowest BCUT2D eigenvalue weighted by molar-refractivity contribution is -0.115. The van der Waals surface area contributed by atoms with Crippen LogP contribution in [0.3, 0.4) is 0 Å². The van der Waals surface area contributed by atoms with E-state index in [9.17, 15) is 4.79 Å². The molecule has 0 spiro atoms. The highest BCUT2D eigenvalue weighted by Crippen LogP contribution is 2.24. The van der Waals surface area contributed by atoms with Gasteiger partial charge in [-0.2, -0.15) is 0 Å². The molecule has 0 fully saturated rings. The number of benzene rings is 2. The van der Waals surface area contributed by atoms with Crippen molar-refractivity contribution in [3.8, 4) is 11.5 Å². The van der Waals surface area contributed by atoms with Gasteiger partial charge in [-0.3, -0.25) is 4.79 Å². The Hall–Kier alpha value is -2.86. The summed E-state index contributed by atoms with van der Waals surface area (Å²) in [5, 5.41) is 5.65. The van der Waals surface area contributed by atoms with Crippen molar-refractivity contribution in [3.05, 3.63) is 70.2 Å². The SMILES string of the molecule is CCCOc1ccccc1NC(=O)Cc1csc(COc2ccc(C)cc2)n1. The lowest BCUT2D eigenvalue weighted by Gasteiger charge is -2.11. The molecule has 0 aliphatic heterocycles. The Morgan fingerprint density at radius 1 is 1.11 bits per heavy atom. The molecule has 2 aromatic carbocycles. The zero-order valence-corrected chi connectivity index (χ0v) is 16.9. The maximum atomic E-state index is 12.4. The van der Waals surface area contributed by atoms with Crippen LogP contribution in [0.25, 0.3) is 0 Å². The van der Waals surface area contributed by atoms with Crippen molar-refractivity contribution in [2.75, 3.05) is 11.9 Å². The third-order valence-electron chi connectivity index (χ3n) is 3.95. The molecule has 0 atom stereocenters. The van der Waals surface area contributed by atoms with E-state index in [1.54, 1.807) is 0 Å². The molecular formula is C22H24N2O3S. The number of carbonyl (C=O) groups is 1. The van der Waals surface area contributed by atoms with Crippen LogP contribution in [0.5, 0.6) is 11.5 Å².